The summed E-state index contributed by atoms with van der Waals surface area (Å²) in [6.07, 6.45) is 2.91. The Hall–Kier alpha value is -3.00. The first kappa shape index (κ1) is 20.7. The topological polar surface area (TPSA) is 82.1 Å². The molecule has 29 heavy (non-hydrogen) atoms. The van der Waals surface area contributed by atoms with Crippen LogP contribution in [0.2, 0.25) is 0 Å². The van der Waals surface area contributed by atoms with Gasteiger partial charge in [-0.2, -0.15) is 0 Å². The van der Waals surface area contributed by atoms with Gasteiger partial charge in [-0.05, 0) is 42.8 Å². The summed E-state index contributed by atoms with van der Waals surface area (Å²) in [6.45, 7) is 1.98. The molecule has 0 saturated carbocycles. The molecule has 2 aromatic carbocycles. The average Bonchev–Trinajstić information content (AvgIpc) is 2.74. The number of carbonyl (C=O) groups is 1. The van der Waals surface area contributed by atoms with Gasteiger partial charge in [0.15, 0.2) is 12.4 Å². The lowest BCUT2D eigenvalue weighted by Crippen LogP contribution is -2.32. The number of fused-ring (bicyclic) bond motifs is 1. The van der Waals surface area contributed by atoms with E-state index in [2.05, 4.69) is 0 Å². The Kier molecular flexibility index (Phi) is 6.43. The van der Waals surface area contributed by atoms with Crippen LogP contribution in [0, 0.1) is 0 Å². The lowest BCUT2D eigenvalue weighted by Gasteiger charge is -2.27. The highest BCUT2D eigenvalue weighted by Gasteiger charge is 2.32. The van der Waals surface area contributed by atoms with E-state index in [4.69, 9.17) is 14.2 Å². The maximum Gasteiger partial charge on any atom is 0.349 e. The second-order valence-corrected chi connectivity index (χ2v) is 8.26. The average molecular weight is 417 g/mol. The van der Waals surface area contributed by atoms with Crippen molar-refractivity contribution in [1.82, 2.24) is 4.31 Å². The first-order valence-corrected chi connectivity index (χ1v) is 10.7. The summed E-state index contributed by atoms with van der Waals surface area (Å²) < 4.78 is 42.8. The molecule has 0 fully saturated rings. The Morgan fingerprint density at radius 1 is 1.03 bits per heavy atom. The number of methoxy groups -OCH3 is 1. The van der Waals surface area contributed by atoms with Crippen molar-refractivity contribution in [3.05, 3.63) is 60.3 Å². The predicted molar refractivity (Wildman–Crippen MR) is 108 cm³/mol. The Labute approximate surface area is 170 Å². The molecule has 7 nitrogen and oxygen atoms in total. The SMILES string of the molecule is CCCCN1C=C(OC(=O)COc2ccc(OC)cc2)c2ccccc2S1(=O)=O. The fourth-order valence-electron chi connectivity index (χ4n) is 2.84. The summed E-state index contributed by atoms with van der Waals surface area (Å²) in [5.41, 5.74) is 0.359. The zero-order valence-corrected chi connectivity index (χ0v) is 17.1. The highest BCUT2D eigenvalue weighted by Crippen LogP contribution is 2.33. The van der Waals surface area contributed by atoms with Crippen LogP contribution in [0.5, 0.6) is 11.5 Å². The standard InChI is InChI=1S/C21H23NO6S/c1-3-4-13-22-14-19(18-7-5-6-8-20(18)29(22,24)25)28-21(23)15-27-17-11-9-16(26-2)10-12-17/h5-12,14H,3-4,13,15H2,1-2H3. The molecule has 1 aliphatic rings. The smallest absolute Gasteiger partial charge is 0.349 e. The number of benzene rings is 2. The van der Waals surface area contributed by atoms with Gasteiger partial charge in [0.1, 0.15) is 11.5 Å². The zero-order chi connectivity index (χ0) is 20.9. The summed E-state index contributed by atoms with van der Waals surface area (Å²) in [6, 6.07) is 13.3. The normalized spacial score (nSPS) is 14.6. The monoisotopic (exact) mass is 417 g/mol. The molecule has 0 N–H and O–H groups in total. The van der Waals surface area contributed by atoms with E-state index in [0.29, 0.717) is 30.0 Å². The van der Waals surface area contributed by atoms with Crippen LogP contribution in [0.1, 0.15) is 25.3 Å². The number of nitrogens with zero attached hydrogens (tertiary/aromatic N) is 1. The van der Waals surface area contributed by atoms with E-state index < -0.39 is 16.0 Å². The third-order valence-corrected chi connectivity index (χ3v) is 6.19. The van der Waals surface area contributed by atoms with Crippen LogP contribution in [0.25, 0.3) is 5.76 Å². The van der Waals surface area contributed by atoms with Gasteiger partial charge in [0.05, 0.1) is 18.2 Å². The Balaban J connectivity index is 1.75. The molecular formula is C21H23NO6S. The molecule has 0 aliphatic carbocycles. The van der Waals surface area contributed by atoms with Crippen molar-refractivity contribution >= 4 is 21.8 Å². The number of carbonyl (C=O) groups excluding carboxylic acids is 1. The maximum atomic E-state index is 12.8. The number of unbranched alkanes of at least 4 members (excludes halogenated alkanes) is 1. The first-order valence-electron chi connectivity index (χ1n) is 9.26. The first-order chi connectivity index (χ1) is 14.0. The lowest BCUT2D eigenvalue weighted by atomic mass is 10.2. The lowest BCUT2D eigenvalue weighted by molar-refractivity contribution is -0.139. The van der Waals surface area contributed by atoms with Crippen molar-refractivity contribution in [3.63, 3.8) is 0 Å². The van der Waals surface area contributed by atoms with Crippen LogP contribution in [0.15, 0.2) is 59.6 Å². The molecule has 0 amide bonds. The number of sulfonamides is 1. The molecule has 1 aliphatic heterocycles. The van der Waals surface area contributed by atoms with Crippen LogP contribution in [-0.4, -0.2) is 39.0 Å². The molecule has 0 spiro atoms. The van der Waals surface area contributed by atoms with Crippen molar-refractivity contribution in [2.24, 2.45) is 0 Å². The van der Waals surface area contributed by atoms with E-state index in [1.165, 1.54) is 16.6 Å². The molecule has 0 saturated heterocycles. The van der Waals surface area contributed by atoms with Crippen LogP contribution < -0.4 is 9.47 Å². The minimum atomic E-state index is -3.66. The highest BCUT2D eigenvalue weighted by atomic mass is 32.2. The van der Waals surface area contributed by atoms with Crippen LogP contribution in [0.3, 0.4) is 0 Å². The summed E-state index contributed by atoms with van der Waals surface area (Å²) in [4.78, 5) is 12.4. The Morgan fingerprint density at radius 2 is 1.72 bits per heavy atom. The molecule has 8 heteroatoms. The molecule has 3 rings (SSSR count). The van der Waals surface area contributed by atoms with Crippen molar-refractivity contribution in [2.75, 3.05) is 20.3 Å². The molecule has 154 valence electrons. The molecule has 2 aromatic rings. The van der Waals surface area contributed by atoms with Crippen molar-refractivity contribution < 1.29 is 27.4 Å². The fraction of sp³-hybridized carbons (Fsp3) is 0.286. The van der Waals surface area contributed by atoms with Crippen LogP contribution in [0.4, 0.5) is 0 Å². The molecule has 0 bridgehead atoms. The number of hydrogen-bond donors (Lipinski definition) is 0. The summed E-state index contributed by atoms with van der Waals surface area (Å²) >= 11 is 0. The van der Waals surface area contributed by atoms with E-state index in [0.717, 1.165) is 6.42 Å². The van der Waals surface area contributed by atoms with Crippen LogP contribution >= 0.6 is 0 Å². The summed E-state index contributed by atoms with van der Waals surface area (Å²) in [5, 5.41) is 0. The summed E-state index contributed by atoms with van der Waals surface area (Å²) in [5.74, 6) is 0.733. The van der Waals surface area contributed by atoms with E-state index in [1.807, 2.05) is 6.92 Å². The molecule has 0 unspecified atom stereocenters. The Bertz CT molecular complexity index is 998. The molecule has 0 radical (unpaired) electrons. The van der Waals surface area contributed by atoms with E-state index in [9.17, 15) is 13.2 Å². The van der Waals surface area contributed by atoms with Crippen LogP contribution in [-0.2, 0) is 19.6 Å². The largest absolute Gasteiger partial charge is 0.497 e. The maximum absolute atomic E-state index is 12.8. The third kappa shape index (κ3) is 4.71. The minimum Gasteiger partial charge on any atom is -0.497 e. The molecular weight excluding hydrogens is 394 g/mol. The highest BCUT2D eigenvalue weighted by molar-refractivity contribution is 7.89. The van der Waals surface area contributed by atoms with Gasteiger partial charge in [0.2, 0.25) is 0 Å². The predicted octanol–water partition coefficient (Wildman–Crippen LogP) is 3.42. The second-order valence-electron chi connectivity index (χ2n) is 6.40. The van der Waals surface area contributed by atoms with Gasteiger partial charge in [-0.3, -0.25) is 4.31 Å². The number of ether oxygens (including phenoxy) is 3. The number of hydrogen-bond acceptors (Lipinski definition) is 6. The van der Waals surface area contributed by atoms with Gasteiger partial charge in [0.25, 0.3) is 10.0 Å². The van der Waals surface area contributed by atoms with Crippen molar-refractivity contribution in [3.8, 4) is 11.5 Å². The molecule has 0 aromatic heterocycles. The molecule has 1 heterocycles. The zero-order valence-electron chi connectivity index (χ0n) is 16.3. The van der Waals surface area contributed by atoms with Gasteiger partial charge in [-0.1, -0.05) is 25.5 Å². The number of esters is 1. The van der Waals surface area contributed by atoms with Gasteiger partial charge >= 0.3 is 5.97 Å². The molecule has 0 atom stereocenters. The van der Waals surface area contributed by atoms with E-state index in [-0.39, 0.29) is 17.3 Å². The van der Waals surface area contributed by atoms with Crippen molar-refractivity contribution in [2.45, 2.75) is 24.7 Å². The van der Waals surface area contributed by atoms with Gasteiger partial charge in [-0.15, -0.1) is 0 Å². The van der Waals surface area contributed by atoms with E-state index in [1.54, 1.807) is 49.6 Å². The van der Waals surface area contributed by atoms with Gasteiger partial charge < -0.3 is 14.2 Å². The summed E-state index contributed by atoms with van der Waals surface area (Å²) in [7, 11) is -2.10. The number of rotatable bonds is 8. The van der Waals surface area contributed by atoms with Gasteiger partial charge in [-0.25, -0.2) is 13.2 Å². The fourth-order valence-corrected chi connectivity index (χ4v) is 4.39. The third-order valence-electron chi connectivity index (χ3n) is 4.37. The van der Waals surface area contributed by atoms with E-state index >= 15 is 0 Å². The van der Waals surface area contributed by atoms with Gasteiger partial charge in [0, 0.05) is 12.1 Å². The minimum absolute atomic E-state index is 0.123. The quantitative estimate of drug-likeness (QED) is 0.612. The Morgan fingerprint density at radius 3 is 2.41 bits per heavy atom. The second kappa shape index (κ2) is 9.00. The van der Waals surface area contributed by atoms with Crippen molar-refractivity contribution in [1.29, 1.82) is 0 Å².